The second-order valence-corrected chi connectivity index (χ2v) is 6.73. The number of amides is 2. The molecule has 0 saturated heterocycles. The maximum atomic E-state index is 12.1. The number of para-hydroxylation sites is 1. The van der Waals surface area contributed by atoms with Crippen LogP contribution in [0.25, 0.3) is 0 Å². The number of rotatable bonds is 2. The summed E-state index contributed by atoms with van der Waals surface area (Å²) in [6.45, 7) is 6.48. The summed E-state index contributed by atoms with van der Waals surface area (Å²) in [5.41, 5.74) is 2.10. The Hall–Kier alpha value is -1.51. The van der Waals surface area contributed by atoms with Crippen molar-refractivity contribution in [2.45, 2.75) is 64.3 Å². The molecule has 0 radical (unpaired) electrons. The molecule has 20 heavy (non-hydrogen) atoms. The highest BCUT2D eigenvalue weighted by atomic mass is 16.2. The summed E-state index contributed by atoms with van der Waals surface area (Å²) in [4.78, 5) is 12.1. The lowest BCUT2D eigenvalue weighted by Crippen LogP contribution is -2.39. The summed E-state index contributed by atoms with van der Waals surface area (Å²) in [6.07, 6.45) is 5.96. The van der Waals surface area contributed by atoms with Gasteiger partial charge in [-0.25, -0.2) is 4.79 Å². The lowest BCUT2D eigenvalue weighted by Gasteiger charge is -2.25. The van der Waals surface area contributed by atoms with Crippen molar-refractivity contribution >= 4 is 11.7 Å². The Morgan fingerprint density at radius 1 is 1.10 bits per heavy atom. The third kappa shape index (κ3) is 3.99. The molecule has 0 unspecified atom stereocenters. The van der Waals surface area contributed by atoms with Crippen LogP contribution >= 0.6 is 0 Å². The van der Waals surface area contributed by atoms with E-state index in [2.05, 4.69) is 37.5 Å². The van der Waals surface area contributed by atoms with Gasteiger partial charge in [-0.15, -0.1) is 0 Å². The van der Waals surface area contributed by atoms with E-state index in [9.17, 15) is 4.79 Å². The highest BCUT2D eigenvalue weighted by Gasteiger charge is 2.20. The summed E-state index contributed by atoms with van der Waals surface area (Å²) in [5.74, 6) is 0. The van der Waals surface area contributed by atoms with Crippen LogP contribution in [0.15, 0.2) is 24.3 Å². The highest BCUT2D eigenvalue weighted by Crippen LogP contribution is 2.29. The van der Waals surface area contributed by atoms with Crippen LogP contribution in [-0.4, -0.2) is 12.1 Å². The van der Waals surface area contributed by atoms with Gasteiger partial charge < -0.3 is 10.6 Å². The van der Waals surface area contributed by atoms with Crippen LogP contribution in [0.4, 0.5) is 10.5 Å². The summed E-state index contributed by atoms with van der Waals surface area (Å²) in [6, 6.07) is 8.30. The minimum absolute atomic E-state index is 0.0225. The van der Waals surface area contributed by atoms with Crippen LogP contribution in [0, 0.1) is 0 Å². The molecule has 1 saturated carbocycles. The van der Waals surface area contributed by atoms with Crippen molar-refractivity contribution in [2.24, 2.45) is 0 Å². The van der Waals surface area contributed by atoms with Crippen molar-refractivity contribution in [3.63, 3.8) is 0 Å². The van der Waals surface area contributed by atoms with E-state index in [0.29, 0.717) is 6.04 Å². The Morgan fingerprint density at radius 2 is 1.75 bits per heavy atom. The monoisotopic (exact) mass is 274 g/mol. The molecule has 2 N–H and O–H groups in total. The number of urea groups is 1. The minimum Gasteiger partial charge on any atom is -0.335 e. The first-order chi connectivity index (χ1) is 9.47. The molecule has 1 aromatic carbocycles. The first-order valence-corrected chi connectivity index (χ1v) is 7.64. The molecule has 0 heterocycles. The molecule has 0 atom stereocenters. The van der Waals surface area contributed by atoms with E-state index in [1.165, 1.54) is 24.8 Å². The number of carbonyl (C=O) groups excluding carboxylic acids is 1. The van der Waals surface area contributed by atoms with Gasteiger partial charge in [0.05, 0.1) is 0 Å². The van der Waals surface area contributed by atoms with Crippen molar-refractivity contribution in [3.05, 3.63) is 29.8 Å². The molecule has 2 rings (SSSR count). The molecule has 0 spiro atoms. The zero-order valence-electron chi connectivity index (χ0n) is 12.8. The lowest BCUT2D eigenvalue weighted by molar-refractivity contribution is 0.244. The predicted octanol–water partition coefficient (Wildman–Crippen LogP) is 4.44. The Bertz CT molecular complexity index is 456. The van der Waals surface area contributed by atoms with Crippen LogP contribution in [0.3, 0.4) is 0 Å². The average Bonchev–Trinajstić information content (AvgIpc) is 2.39. The zero-order valence-corrected chi connectivity index (χ0v) is 12.8. The Labute approximate surface area is 122 Å². The number of hydrogen-bond donors (Lipinski definition) is 2. The van der Waals surface area contributed by atoms with E-state index in [-0.39, 0.29) is 11.4 Å². The fraction of sp³-hybridized carbons (Fsp3) is 0.588. The van der Waals surface area contributed by atoms with Gasteiger partial charge in [-0.3, -0.25) is 0 Å². The van der Waals surface area contributed by atoms with Gasteiger partial charge in [-0.05, 0) is 29.9 Å². The van der Waals surface area contributed by atoms with Crippen molar-refractivity contribution in [1.82, 2.24) is 5.32 Å². The Kier molecular flexibility index (Phi) is 4.69. The number of benzene rings is 1. The van der Waals surface area contributed by atoms with E-state index in [1.807, 2.05) is 18.2 Å². The topological polar surface area (TPSA) is 41.1 Å². The van der Waals surface area contributed by atoms with Crippen LogP contribution in [0.5, 0.6) is 0 Å². The fourth-order valence-electron chi connectivity index (χ4n) is 2.84. The summed E-state index contributed by atoms with van der Waals surface area (Å²) >= 11 is 0. The predicted molar refractivity (Wildman–Crippen MR) is 84.2 cm³/mol. The van der Waals surface area contributed by atoms with E-state index in [0.717, 1.165) is 18.5 Å². The van der Waals surface area contributed by atoms with Gasteiger partial charge in [-0.1, -0.05) is 58.2 Å². The largest absolute Gasteiger partial charge is 0.335 e. The molecule has 1 aliphatic carbocycles. The number of hydrogen-bond acceptors (Lipinski definition) is 1. The molecule has 1 fully saturated rings. The average molecular weight is 274 g/mol. The van der Waals surface area contributed by atoms with Gasteiger partial charge in [-0.2, -0.15) is 0 Å². The maximum Gasteiger partial charge on any atom is 0.319 e. The Balaban J connectivity index is 2.00. The second kappa shape index (κ2) is 6.29. The number of carbonyl (C=O) groups is 1. The first kappa shape index (κ1) is 14.9. The van der Waals surface area contributed by atoms with Gasteiger partial charge in [0, 0.05) is 11.7 Å². The molecule has 0 bridgehead atoms. The molecule has 1 aliphatic rings. The SMILES string of the molecule is CC(C)(C)c1ccccc1NC(=O)NC1CCCCC1. The first-order valence-electron chi connectivity index (χ1n) is 7.64. The highest BCUT2D eigenvalue weighted by molar-refractivity contribution is 5.90. The molecular formula is C17H26N2O. The van der Waals surface area contributed by atoms with Crippen LogP contribution in [-0.2, 0) is 5.41 Å². The number of nitrogens with one attached hydrogen (secondary N) is 2. The van der Waals surface area contributed by atoms with E-state index < -0.39 is 0 Å². The third-order valence-electron chi connectivity index (χ3n) is 3.92. The van der Waals surface area contributed by atoms with Gasteiger partial charge in [0.1, 0.15) is 0 Å². The molecule has 1 aromatic rings. The summed E-state index contributed by atoms with van der Waals surface area (Å²) < 4.78 is 0. The van der Waals surface area contributed by atoms with Gasteiger partial charge in [0.25, 0.3) is 0 Å². The molecule has 0 aromatic heterocycles. The normalized spacial score (nSPS) is 16.8. The van der Waals surface area contributed by atoms with Crippen molar-refractivity contribution in [2.75, 3.05) is 5.32 Å². The van der Waals surface area contributed by atoms with Crippen molar-refractivity contribution in [1.29, 1.82) is 0 Å². The van der Waals surface area contributed by atoms with Crippen LogP contribution in [0.1, 0.15) is 58.4 Å². The van der Waals surface area contributed by atoms with Crippen molar-refractivity contribution < 1.29 is 4.79 Å². The second-order valence-electron chi connectivity index (χ2n) is 6.73. The van der Waals surface area contributed by atoms with Gasteiger partial charge in [0.15, 0.2) is 0 Å². The third-order valence-corrected chi connectivity index (χ3v) is 3.92. The van der Waals surface area contributed by atoms with Crippen LogP contribution < -0.4 is 10.6 Å². The maximum absolute atomic E-state index is 12.1. The van der Waals surface area contributed by atoms with E-state index >= 15 is 0 Å². The van der Waals surface area contributed by atoms with E-state index in [1.54, 1.807) is 0 Å². The standard InChI is InChI=1S/C17H26N2O/c1-17(2,3)14-11-7-8-12-15(14)19-16(20)18-13-9-5-4-6-10-13/h7-8,11-13H,4-6,9-10H2,1-3H3,(H2,18,19,20). The molecule has 3 nitrogen and oxygen atoms in total. The smallest absolute Gasteiger partial charge is 0.319 e. The molecule has 2 amide bonds. The minimum atomic E-state index is -0.0754. The van der Waals surface area contributed by atoms with E-state index in [4.69, 9.17) is 0 Å². The quantitative estimate of drug-likeness (QED) is 0.822. The van der Waals surface area contributed by atoms with Gasteiger partial charge >= 0.3 is 6.03 Å². The molecular weight excluding hydrogens is 248 g/mol. The lowest BCUT2D eigenvalue weighted by atomic mass is 9.86. The summed E-state index contributed by atoms with van der Waals surface area (Å²) in [7, 11) is 0. The zero-order chi connectivity index (χ0) is 14.6. The molecule has 110 valence electrons. The molecule has 3 heteroatoms. The number of anilines is 1. The van der Waals surface area contributed by atoms with Crippen LogP contribution in [0.2, 0.25) is 0 Å². The molecule has 0 aliphatic heterocycles. The fourth-order valence-corrected chi connectivity index (χ4v) is 2.84. The Morgan fingerprint density at radius 3 is 2.40 bits per heavy atom. The van der Waals surface area contributed by atoms with Gasteiger partial charge in [0.2, 0.25) is 0 Å². The van der Waals surface area contributed by atoms with Crippen molar-refractivity contribution in [3.8, 4) is 0 Å². The summed E-state index contributed by atoms with van der Waals surface area (Å²) in [5, 5.41) is 6.11.